The van der Waals surface area contributed by atoms with Gasteiger partial charge in [0.15, 0.2) is 6.10 Å². The van der Waals surface area contributed by atoms with Crippen molar-refractivity contribution >= 4 is 29.4 Å². The van der Waals surface area contributed by atoms with Crippen LogP contribution >= 0.6 is 0 Å². The summed E-state index contributed by atoms with van der Waals surface area (Å²) in [4.78, 5) is 50.3. The highest BCUT2D eigenvalue weighted by molar-refractivity contribution is 6.05. The minimum Gasteiger partial charge on any atom is -0.452 e. The fourth-order valence-electron chi connectivity index (χ4n) is 3.67. The molecule has 0 saturated carbocycles. The van der Waals surface area contributed by atoms with Gasteiger partial charge in [0.25, 0.3) is 5.91 Å². The van der Waals surface area contributed by atoms with Gasteiger partial charge in [-0.1, -0.05) is 31.2 Å². The third-order valence-electron chi connectivity index (χ3n) is 5.45. The number of fused-ring (bicyclic) bond motifs is 1. The number of carbonyl (C=O) groups excluding carboxylic acids is 4. The predicted octanol–water partition coefficient (Wildman–Crippen LogP) is 2.46. The van der Waals surface area contributed by atoms with Gasteiger partial charge in [-0.3, -0.25) is 24.1 Å². The normalized spacial score (nSPS) is 21.7. The smallest absolute Gasteiger partial charge is 0.308 e. The Labute approximate surface area is 170 Å². The summed E-state index contributed by atoms with van der Waals surface area (Å²) < 4.78 is 5.17. The minimum atomic E-state index is -0.981. The number of rotatable bonds is 7. The number of imide groups is 1. The molecule has 1 aromatic rings. The third-order valence-corrected chi connectivity index (χ3v) is 5.45. The van der Waals surface area contributed by atoms with Gasteiger partial charge in [0.2, 0.25) is 11.8 Å². The van der Waals surface area contributed by atoms with E-state index < -0.39 is 18.0 Å². The van der Waals surface area contributed by atoms with Crippen LogP contribution in [0.1, 0.15) is 38.7 Å². The molecular weight excluding hydrogens is 372 g/mol. The molecule has 3 atom stereocenters. The maximum Gasteiger partial charge on any atom is 0.308 e. The zero-order chi connectivity index (χ0) is 21.0. The van der Waals surface area contributed by atoms with Crippen molar-refractivity contribution in [3.63, 3.8) is 0 Å². The zero-order valence-corrected chi connectivity index (χ0v) is 16.7. The van der Waals surface area contributed by atoms with E-state index in [1.54, 1.807) is 12.1 Å². The number of esters is 1. The van der Waals surface area contributed by atoms with Gasteiger partial charge in [0, 0.05) is 12.2 Å². The van der Waals surface area contributed by atoms with E-state index in [4.69, 9.17) is 4.74 Å². The number of nitrogens with one attached hydrogen (secondary N) is 1. The van der Waals surface area contributed by atoms with Crippen LogP contribution in [-0.2, 0) is 30.3 Å². The number of carbonyl (C=O) groups is 4. The number of aryl methyl sites for hydroxylation is 1. The van der Waals surface area contributed by atoms with Crippen LogP contribution in [0, 0.1) is 11.8 Å². The lowest BCUT2D eigenvalue weighted by atomic mass is 9.85. The quantitative estimate of drug-likeness (QED) is 0.433. The topological polar surface area (TPSA) is 92.8 Å². The summed E-state index contributed by atoms with van der Waals surface area (Å²) in [6.07, 6.45) is 4.75. The number of amides is 3. The van der Waals surface area contributed by atoms with Gasteiger partial charge in [0.1, 0.15) is 0 Å². The van der Waals surface area contributed by atoms with E-state index in [1.165, 1.54) is 6.92 Å². The van der Waals surface area contributed by atoms with Crippen molar-refractivity contribution in [2.45, 2.75) is 45.6 Å². The molecule has 1 N–H and O–H groups in total. The fraction of sp³-hybridized carbons (Fsp3) is 0.455. The van der Waals surface area contributed by atoms with Crippen molar-refractivity contribution < 1.29 is 23.9 Å². The number of benzene rings is 1. The van der Waals surface area contributed by atoms with Gasteiger partial charge >= 0.3 is 5.97 Å². The molecule has 1 aliphatic carbocycles. The molecule has 1 fully saturated rings. The van der Waals surface area contributed by atoms with E-state index in [-0.39, 0.29) is 36.6 Å². The second-order valence-corrected chi connectivity index (χ2v) is 7.41. The van der Waals surface area contributed by atoms with Crippen molar-refractivity contribution in [2.24, 2.45) is 11.8 Å². The monoisotopic (exact) mass is 398 g/mol. The highest BCUT2D eigenvalue weighted by atomic mass is 16.5. The molecule has 0 radical (unpaired) electrons. The van der Waals surface area contributed by atoms with Crippen LogP contribution in [-0.4, -0.2) is 41.2 Å². The number of anilines is 1. The minimum absolute atomic E-state index is 0.0175. The van der Waals surface area contributed by atoms with Gasteiger partial charge in [-0.25, -0.2) is 0 Å². The Balaban J connectivity index is 1.46. The molecule has 7 nitrogen and oxygen atoms in total. The largest absolute Gasteiger partial charge is 0.452 e. The number of likely N-dealkylation sites (tertiary alicyclic amines) is 1. The van der Waals surface area contributed by atoms with Gasteiger partial charge in [-0.05, 0) is 43.9 Å². The first-order valence-corrected chi connectivity index (χ1v) is 10.00. The van der Waals surface area contributed by atoms with Crippen molar-refractivity contribution in [3.8, 4) is 0 Å². The second kappa shape index (κ2) is 9.03. The zero-order valence-electron chi connectivity index (χ0n) is 16.7. The molecule has 29 heavy (non-hydrogen) atoms. The Kier molecular flexibility index (Phi) is 6.46. The van der Waals surface area contributed by atoms with Crippen LogP contribution < -0.4 is 5.32 Å². The fourth-order valence-corrected chi connectivity index (χ4v) is 3.67. The van der Waals surface area contributed by atoms with Crippen LogP contribution in [0.5, 0.6) is 0 Å². The Morgan fingerprint density at radius 1 is 1.10 bits per heavy atom. The van der Waals surface area contributed by atoms with Gasteiger partial charge < -0.3 is 10.1 Å². The molecule has 0 bridgehead atoms. The molecule has 1 aliphatic heterocycles. The Hall–Kier alpha value is -2.96. The predicted molar refractivity (Wildman–Crippen MR) is 107 cm³/mol. The van der Waals surface area contributed by atoms with Crippen LogP contribution in [0.3, 0.4) is 0 Å². The van der Waals surface area contributed by atoms with Gasteiger partial charge in [0.05, 0.1) is 18.3 Å². The van der Waals surface area contributed by atoms with Crippen molar-refractivity contribution in [1.29, 1.82) is 0 Å². The molecular formula is C22H26N2O5. The lowest BCUT2D eigenvalue weighted by Gasteiger charge is -2.16. The van der Waals surface area contributed by atoms with E-state index in [2.05, 4.69) is 5.32 Å². The summed E-state index contributed by atoms with van der Waals surface area (Å²) in [6, 6.07) is 7.43. The molecule has 3 rings (SSSR count). The van der Waals surface area contributed by atoms with Crippen LogP contribution in [0.2, 0.25) is 0 Å². The van der Waals surface area contributed by atoms with Crippen LogP contribution in [0.25, 0.3) is 0 Å². The summed E-state index contributed by atoms with van der Waals surface area (Å²) in [6.45, 7) is 3.51. The van der Waals surface area contributed by atoms with Gasteiger partial charge in [-0.15, -0.1) is 0 Å². The molecule has 0 spiro atoms. The Morgan fingerprint density at radius 3 is 2.24 bits per heavy atom. The molecule has 154 valence electrons. The Bertz CT molecular complexity index is 804. The first kappa shape index (κ1) is 20.8. The number of hydrogen-bond acceptors (Lipinski definition) is 5. The number of ether oxygens (including phenoxy) is 1. The number of nitrogens with zero attached hydrogens (tertiary/aromatic N) is 1. The van der Waals surface area contributed by atoms with Crippen LogP contribution in [0.15, 0.2) is 36.4 Å². The van der Waals surface area contributed by atoms with E-state index in [9.17, 15) is 19.2 Å². The molecule has 7 heteroatoms. The molecule has 1 aromatic carbocycles. The second-order valence-electron chi connectivity index (χ2n) is 7.41. The standard InChI is InChI=1S/C22H26N2O5/c1-3-15-8-10-16(11-9-15)23-20(26)14(2)29-19(25)12-13-24-21(27)17-6-4-5-7-18(17)22(24)28/h4-5,8-11,14,17-18H,3,6-7,12-13H2,1-2H3,(H,23,26)/t14-,17+,18+/m1/s1. The SMILES string of the molecule is CCc1ccc(NC(=O)[C@@H](C)OC(=O)CCN2C(=O)[C@H]3CC=CC[C@@H]3C2=O)cc1. The molecule has 2 aliphatic rings. The highest BCUT2D eigenvalue weighted by Gasteiger charge is 2.47. The van der Waals surface area contributed by atoms with E-state index in [0.29, 0.717) is 18.5 Å². The van der Waals surface area contributed by atoms with E-state index in [0.717, 1.165) is 16.9 Å². The molecule has 0 aromatic heterocycles. The summed E-state index contributed by atoms with van der Waals surface area (Å²) in [5.74, 6) is -2.13. The maximum absolute atomic E-state index is 12.4. The first-order chi connectivity index (χ1) is 13.9. The number of allylic oxidation sites excluding steroid dienone is 2. The molecule has 1 saturated heterocycles. The molecule has 3 amide bonds. The third kappa shape index (κ3) is 4.72. The summed E-state index contributed by atoms with van der Waals surface area (Å²) in [7, 11) is 0. The summed E-state index contributed by atoms with van der Waals surface area (Å²) >= 11 is 0. The first-order valence-electron chi connectivity index (χ1n) is 10.00. The Morgan fingerprint density at radius 2 is 1.69 bits per heavy atom. The molecule has 1 heterocycles. The average Bonchev–Trinajstić information content (AvgIpc) is 2.97. The van der Waals surface area contributed by atoms with Crippen molar-refractivity contribution in [2.75, 3.05) is 11.9 Å². The van der Waals surface area contributed by atoms with E-state index in [1.807, 2.05) is 31.2 Å². The van der Waals surface area contributed by atoms with Crippen LogP contribution in [0.4, 0.5) is 5.69 Å². The van der Waals surface area contributed by atoms with Crippen molar-refractivity contribution in [3.05, 3.63) is 42.0 Å². The molecule has 0 unspecified atom stereocenters. The average molecular weight is 398 g/mol. The lowest BCUT2D eigenvalue weighted by molar-refractivity contribution is -0.154. The summed E-state index contributed by atoms with van der Waals surface area (Å²) in [5.41, 5.74) is 1.78. The number of hydrogen-bond donors (Lipinski definition) is 1. The van der Waals surface area contributed by atoms with Gasteiger partial charge in [-0.2, -0.15) is 0 Å². The van der Waals surface area contributed by atoms with E-state index >= 15 is 0 Å². The van der Waals surface area contributed by atoms with Crippen molar-refractivity contribution in [1.82, 2.24) is 4.90 Å². The lowest BCUT2D eigenvalue weighted by Crippen LogP contribution is -2.35. The highest BCUT2D eigenvalue weighted by Crippen LogP contribution is 2.35. The summed E-state index contributed by atoms with van der Waals surface area (Å²) in [5, 5.41) is 2.70. The maximum atomic E-state index is 12.4.